The van der Waals surface area contributed by atoms with Crippen LogP contribution in [0.2, 0.25) is 0 Å². The molecule has 8 nitrogen and oxygen atoms in total. The molecule has 2 fully saturated rings. The van der Waals surface area contributed by atoms with E-state index in [1.54, 1.807) is 11.0 Å². The zero-order valence-electron chi connectivity index (χ0n) is 22.2. The fourth-order valence-corrected chi connectivity index (χ4v) is 5.47. The Morgan fingerprint density at radius 3 is 2.71 bits per heavy atom. The summed E-state index contributed by atoms with van der Waals surface area (Å²) in [7, 11) is 0. The maximum Gasteiger partial charge on any atom is 0.295 e. The molecule has 1 N–H and O–H groups in total. The summed E-state index contributed by atoms with van der Waals surface area (Å²) >= 11 is 0. The van der Waals surface area contributed by atoms with Gasteiger partial charge in [0.25, 0.3) is 11.7 Å². The van der Waals surface area contributed by atoms with Gasteiger partial charge in [0.1, 0.15) is 23.4 Å². The third-order valence-corrected chi connectivity index (χ3v) is 7.33. The summed E-state index contributed by atoms with van der Waals surface area (Å²) in [4.78, 5) is 30.7. The number of carbonyl (C=O) groups excluding carboxylic acids is 2. The van der Waals surface area contributed by atoms with E-state index in [2.05, 4.69) is 4.90 Å². The van der Waals surface area contributed by atoms with E-state index in [1.807, 2.05) is 50.2 Å². The number of morpholine rings is 1. The number of carbonyl (C=O) groups is 2. The zero-order valence-corrected chi connectivity index (χ0v) is 22.2. The van der Waals surface area contributed by atoms with E-state index in [9.17, 15) is 14.7 Å². The van der Waals surface area contributed by atoms with E-state index < -0.39 is 17.7 Å². The first-order chi connectivity index (χ1) is 18.5. The lowest BCUT2D eigenvalue weighted by Gasteiger charge is -2.29. The molecule has 5 rings (SSSR count). The number of amides is 1. The van der Waals surface area contributed by atoms with Gasteiger partial charge in [-0.3, -0.25) is 14.5 Å². The summed E-state index contributed by atoms with van der Waals surface area (Å²) in [5.74, 6) is 0.0495. The third kappa shape index (κ3) is 5.42. The fourth-order valence-electron chi connectivity index (χ4n) is 5.47. The van der Waals surface area contributed by atoms with Crippen molar-refractivity contribution in [2.45, 2.75) is 45.3 Å². The van der Waals surface area contributed by atoms with Gasteiger partial charge in [0, 0.05) is 38.2 Å². The van der Waals surface area contributed by atoms with E-state index in [0.29, 0.717) is 44.1 Å². The monoisotopic (exact) mass is 520 g/mol. The lowest BCUT2D eigenvalue weighted by atomic mass is 9.94. The topological polar surface area (TPSA) is 88.5 Å². The minimum absolute atomic E-state index is 0.0605. The van der Waals surface area contributed by atoms with Crippen LogP contribution in [0.5, 0.6) is 11.5 Å². The number of ketones is 1. The average molecular weight is 521 g/mol. The van der Waals surface area contributed by atoms with Gasteiger partial charge in [0.15, 0.2) is 0 Å². The molecule has 3 aliphatic heterocycles. The third-order valence-electron chi connectivity index (χ3n) is 7.33. The molecular weight excluding hydrogens is 484 g/mol. The van der Waals surface area contributed by atoms with E-state index >= 15 is 0 Å². The Morgan fingerprint density at radius 2 is 1.92 bits per heavy atom. The lowest BCUT2D eigenvalue weighted by molar-refractivity contribution is -0.140. The summed E-state index contributed by atoms with van der Waals surface area (Å²) in [6.45, 7) is 8.95. The molecule has 3 heterocycles. The SMILES string of the molecule is CCCOc1cccc([C@H]2C(=C(O)c3ccc4c(c3)C[C@@H](C)O4)C(=O)C(=O)N2CCCN2CCOCC2)c1. The van der Waals surface area contributed by atoms with Gasteiger partial charge in [-0.05, 0) is 61.2 Å². The van der Waals surface area contributed by atoms with Crippen LogP contribution in [0.3, 0.4) is 0 Å². The zero-order chi connectivity index (χ0) is 26.6. The van der Waals surface area contributed by atoms with Crippen molar-refractivity contribution in [2.24, 2.45) is 0 Å². The number of nitrogens with zero attached hydrogens (tertiary/aromatic N) is 2. The Kier molecular flexibility index (Phi) is 8.00. The number of benzene rings is 2. The van der Waals surface area contributed by atoms with Crippen molar-refractivity contribution in [2.75, 3.05) is 46.0 Å². The number of hydrogen-bond donors (Lipinski definition) is 1. The van der Waals surface area contributed by atoms with Gasteiger partial charge in [-0.1, -0.05) is 19.1 Å². The van der Waals surface area contributed by atoms with Gasteiger partial charge in [0.2, 0.25) is 0 Å². The smallest absolute Gasteiger partial charge is 0.295 e. The van der Waals surface area contributed by atoms with Crippen molar-refractivity contribution in [3.05, 3.63) is 64.7 Å². The molecule has 0 unspecified atom stereocenters. The number of rotatable bonds is 9. The van der Waals surface area contributed by atoms with Crippen LogP contribution in [-0.2, 0) is 20.7 Å². The summed E-state index contributed by atoms with van der Waals surface area (Å²) in [5, 5.41) is 11.5. The van der Waals surface area contributed by atoms with E-state index in [-0.39, 0.29) is 17.4 Å². The van der Waals surface area contributed by atoms with Gasteiger partial charge < -0.3 is 24.2 Å². The molecule has 0 radical (unpaired) electrons. The quantitative estimate of drug-likeness (QED) is 0.304. The molecule has 2 aromatic carbocycles. The Labute approximate surface area is 223 Å². The standard InChI is InChI=1S/C30H36N2O6/c1-3-14-37-24-7-4-6-21(19-24)27-26(28(33)22-8-9-25-23(18-22)17-20(2)38-25)29(34)30(35)32(27)11-5-10-31-12-15-36-16-13-31/h4,6-9,18-20,27,33H,3,5,10-17H2,1-2H3/t20-,27+/m1/s1. The predicted molar refractivity (Wildman–Crippen MR) is 143 cm³/mol. The molecule has 2 aromatic rings. The molecule has 0 aliphatic carbocycles. The summed E-state index contributed by atoms with van der Waals surface area (Å²) in [6.07, 6.45) is 2.37. The summed E-state index contributed by atoms with van der Waals surface area (Å²) in [6, 6.07) is 12.2. The second-order valence-electron chi connectivity index (χ2n) is 10.2. The van der Waals surface area contributed by atoms with Crippen molar-refractivity contribution < 1.29 is 28.9 Å². The number of ether oxygens (including phenoxy) is 3. The number of aliphatic hydroxyl groups excluding tert-OH is 1. The number of Topliss-reactive ketones (excluding diaryl/α,β-unsaturated/α-hetero) is 1. The molecule has 0 spiro atoms. The maximum atomic E-state index is 13.4. The number of likely N-dealkylation sites (tertiary alicyclic amines) is 1. The van der Waals surface area contributed by atoms with Crippen LogP contribution < -0.4 is 9.47 Å². The molecule has 0 aromatic heterocycles. The first kappa shape index (κ1) is 26.3. The molecule has 202 valence electrons. The van der Waals surface area contributed by atoms with Gasteiger partial charge in [-0.2, -0.15) is 0 Å². The molecule has 38 heavy (non-hydrogen) atoms. The number of fused-ring (bicyclic) bond motifs is 1. The van der Waals surface area contributed by atoms with Crippen LogP contribution in [0, 0.1) is 0 Å². The van der Waals surface area contributed by atoms with Crippen LogP contribution in [0.4, 0.5) is 0 Å². The van der Waals surface area contributed by atoms with E-state index in [1.165, 1.54) is 0 Å². The van der Waals surface area contributed by atoms with Crippen molar-refractivity contribution in [1.82, 2.24) is 9.80 Å². The highest BCUT2D eigenvalue weighted by molar-refractivity contribution is 6.46. The molecule has 8 heteroatoms. The minimum Gasteiger partial charge on any atom is -0.507 e. The van der Waals surface area contributed by atoms with Crippen LogP contribution in [0.1, 0.15) is 49.4 Å². The Balaban J connectivity index is 1.49. The first-order valence-corrected chi connectivity index (χ1v) is 13.6. The van der Waals surface area contributed by atoms with Crippen LogP contribution in [0.15, 0.2) is 48.0 Å². The van der Waals surface area contributed by atoms with Gasteiger partial charge in [0.05, 0.1) is 31.4 Å². The van der Waals surface area contributed by atoms with Crippen LogP contribution >= 0.6 is 0 Å². The highest BCUT2D eigenvalue weighted by Crippen LogP contribution is 2.41. The van der Waals surface area contributed by atoms with E-state index in [4.69, 9.17) is 14.2 Å². The predicted octanol–water partition coefficient (Wildman–Crippen LogP) is 3.94. The van der Waals surface area contributed by atoms with Crippen molar-refractivity contribution >= 4 is 17.4 Å². The minimum atomic E-state index is -0.701. The second kappa shape index (κ2) is 11.6. The molecule has 3 aliphatic rings. The lowest BCUT2D eigenvalue weighted by Crippen LogP contribution is -2.38. The fraction of sp³-hybridized carbons (Fsp3) is 0.467. The summed E-state index contributed by atoms with van der Waals surface area (Å²) in [5.41, 5.74) is 2.34. The van der Waals surface area contributed by atoms with Crippen molar-refractivity contribution in [3.8, 4) is 11.5 Å². The average Bonchev–Trinajstić information content (AvgIpc) is 3.43. The Morgan fingerprint density at radius 1 is 1.11 bits per heavy atom. The normalized spacial score (nSPS) is 22.9. The van der Waals surface area contributed by atoms with Gasteiger partial charge in [-0.15, -0.1) is 0 Å². The van der Waals surface area contributed by atoms with Crippen LogP contribution in [0.25, 0.3) is 5.76 Å². The molecule has 2 atom stereocenters. The van der Waals surface area contributed by atoms with Gasteiger partial charge >= 0.3 is 0 Å². The molecule has 0 saturated carbocycles. The molecule has 0 bridgehead atoms. The van der Waals surface area contributed by atoms with Crippen molar-refractivity contribution in [1.29, 1.82) is 0 Å². The Bertz CT molecular complexity index is 1220. The molecule has 2 saturated heterocycles. The number of aliphatic hydroxyl groups is 1. The maximum absolute atomic E-state index is 13.4. The van der Waals surface area contributed by atoms with Gasteiger partial charge in [-0.25, -0.2) is 0 Å². The second-order valence-corrected chi connectivity index (χ2v) is 10.2. The van der Waals surface area contributed by atoms with Crippen molar-refractivity contribution in [3.63, 3.8) is 0 Å². The highest BCUT2D eigenvalue weighted by Gasteiger charge is 2.46. The Hall–Kier alpha value is -3.36. The van der Waals surface area contributed by atoms with E-state index in [0.717, 1.165) is 49.4 Å². The molecule has 1 amide bonds. The summed E-state index contributed by atoms with van der Waals surface area (Å²) < 4.78 is 17.1. The number of hydrogen-bond acceptors (Lipinski definition) is 7. The highest BCUT2D eigenvalue weighted by atomic mass is 16.5. The molecular formula is C30H36N2O6. The largest absolute Gasteiger partial charge is 0.507 e. The van der Waals surface area contributed by atoms with Crippen LogP contribution in [-0.4, -0.2) is 78.7 Å². The first-order valence-electron chi connectivity index (χ1n) is 13.6.